The maximum atomic E-state index is 12.7. The predicted octanol–water partition coefficient (Wildman–Crippen LogP) is 3.79. The lowest BCUT2D eigenvalue weighted by molar-refractivity contribution is 0.0930. The lowest BCUT2D eigenvalue weighted by atomic mass is 9.95. The van der Waals surface area contributed by atoms with Gasteiger partial charge in [-0.05, 0) is 60.9 Å². The number of hydrogen-bond acceptors (Lipinski definition) is 3. The zero-order valence-corrected chi connectivity index (χ0v) is 15.4. The average Bonchev–Trinajstić information content (AvgIpc) is 3.21. The molecule has 0 unspecified atom stereocenters. The van der Waals surface area contributed by atoms with Gasteiger partial charge < -0.3 is 5.32 Å². The van der Waals surface area contributed by atoms with Gasteiger partial charge in [-0.2, -0.15) is 11.8 Å². The number of amides is 1. The Morgan fingerprint density at radius 1 is 1.08 bits per heavy atom. The Kier molecular flexibility index (Phi) is 5.28. The Balaban J connectivity index is 1.32. The Morgan fingerprint density at radius 2 is 1.88 bits per heavy atom. The lowest BCUT2D eigenvalue weighted by Crippen LogP contribution is -2.43. The summed E-state index contributed by atoms with van der Waals surface area (Å²) < 4.78 is 0. The number of carbonyl (C=O) groups excluding carboxylic acids is 1. The first-order valence-corrected chi connectivity index (χ1v) is 10.5. The summed E-state index contributed by atoms with van der Waals surface area (Å²) in [5.41, 5.74) is 0.790. The molecule has 3 nitrogen and oxygen atoms in total. The van der Waals surface area contributed by atoms with E-state index in [1.165, 1.54) is 43.9 Å². The van der Waals surface area contributed by atoms with E-state index in [0.29, 0.717) is 5.92 Å². The fourth-order valence-corrected chi connectivity index (χ4v) is 5.34. The highest BCUT2D eigenvalue weighted by atomic mass is 32.2. The van der Waals surface area contributed by atoms with Crippen LogP contribution in [0.15, 0.2) is 42.5 Å². The van der Waals surface area contributed by atoms with E-state index in [0.717, 1.165) is 28.9 Å². The van der Waals surface area contributed by atoms with E-state index in [1.807, 2.05) is 30.3 Å². The molecule has 0 aromatic heterocycles. The summed E-state index contributed by atoms with van der Waals surface area (Å²) in [5.74, 6) is 3.31. The molecule has 0 bridgehead atoms. The average molecular weight is 355 g/mol. The van der Waals surface area contributed by atoms with E-state index in [9.17, 15) is 4.79 Å². The highest BCUT2D eigenvalue weighted by Gasteiger charge is 2.27. The first-order chi connectivity index (χ1) is 12.3. The summed E-state index contributed by atoms with van der Waals surface area (Å²) in [6.07, 6.45) is 3.76. The number of benzene rings is 2. The first kappa shape index (κ1) is 16.9. The molecule has 2 fully saturated rings. The molecule has 2 aromatic carbocycles. The topological polar surface area (TPSA) is 32.3 Å². The van der Waals surface area contributed by atoms with E-state index in [4.69, 9.17) is 0 Å². The summed E-state index contributed by atoms with van der Waals surface area (Å²) in [6, 6.07) is 14.9. The maximum Gasteiger partial charge on any atom is 0.251 e. The number of likely N-dealkylation sites (tertiary alicyclic amines) is 1. The van der Waals surface area contributed by atoms with Gasteiger partial charge in [-0.1, -0.05) is 36.4 Å². The number of hydrogen-bond donors (Lipinski definition) is 1. The number of fused-ring (bicyclic) bond motifs is 1. The second-order valence-electron chi connectivity index (χ2n) is 7.23. The van der Waals surface area contributed by atoms with Crippen molar-refractivity contribution in [2.45, 2.75) is 25.3 Å². The minimum absolute atomic E-state index is 0.0615. The second kappa shape index (κ2) is 7.79. The van der Waals surface area contributed by atoms with E-state index < -0.39 is 0 Å². The van der Waals surface area contributed by atoms with Crippen LogP contribution in [0.1, 0.15) is 29.6 Å². The zero-order chi connectivity index (χ0) is 17.1. The maximum absolute atomic E-state index is 12.7. The second-order valence-corrected chi connectivity index (χ2v) is 8.38. The quantitative estimate of drug-likeness (QED) is 0.907. The Morgan fingerprint density at radius 3 is 2.68 bits per heavy atom. The van der Waals surface area contributed by atoms with Crippen LogP contribution >= 0.6 is 11.8 Å². The molecule has 2 saturated heterocycles. The van der Waals surface area contributed by atoms with Crippen LogP contribution in [0.2, 0.25) is 0 Å². The fourth-order valence-electron chi connectivity index (χ4n) is 4.09. The van der Waals surface area contributed by atoms with Crippen molar-refractivity contribution in [3.63, 3.8) is 0 Å². The molecule has 0 radical (unpaired) electrons. The van der Waals surface area contributed by atoms with Crippen LogP contribution in [-0.2, 0) is 0 Å². The largest absolute Gasteiger partial charge is 0.352 e. The third kappa shape index (κ3) is 3.85. The van der Waals surface area contributed by atoms with Gasteiger partial charge in [-0.3, -0.25) is 9.69 Å². The van der Waals surface area contributed by atoms with Gasteiger partial charge in [0, 0.05) is 23.9 Å². The van der Waals surface area contributed by atoms with Gasteiger partial charge in [0.2, 0.25) is 0 Å². The van der Waals surface area contributed by atoms with Crippen LogP contribution < -0.4 is 5.32 Å². The molecular formula is C21H26N2OS. The van der Waals surface area contributed by atoms with Crippen molar-refractivity contribution in [1.82, 2.24) is 10.2 Å². The van der Waals surface area contributed by atoms with Crippen molar-refractivity contribution in [1.29, 1.82) is 0 Å². The molecule has 1 N–H and O–H groups in total. The molecule has 4 rings (SSSR count). The summed E-state index contributed by atoms with van der Waals surface area (Å²) in [5, 5.41) is 5.34. The standard InChI is InChI=1S/C21H26N2OS/c24-21(20-7-3-5-17-4-1-2-6-19(17)20)22-14-16-8-11-23(12-9-16)18-10-13-25-15-18/h1-7,16,18H,8-15H2,(H,22,24)/t18-/m1/s1. The van der Waals surface area contributed by atoms with Crippen LogP contribution in [0.4, 0.5) is 0 Å². The van der Waals surface area contributed by atoms with Crippen molar-refractivity contribution in [2.75, 3.05) is 31.1 Å². The smallest absolute Gasteiger partial charge is 0.251 e. The molecule has 1 atom stereocenters. The number of nitrogens with zero attached hydrogens (tertiary/aromatic N) is 1. The molecule has 1 amide bonds. The Labute approximate surface area is 154 Å². The van der Waals surface area contributed by atoms with Gasteiger partial charge in [0.05, 0.1) is 0 Å². The SMILES string of the molecule is O=C(NCC1CCN([C@@H]2CCSC2)CC1)c1cccc2ccccc12. The number of carbonyl (C=O) groups is 1. The molecule has 0 aliphatic carbocycles. The highest BCUT2D eigenvalue weighted by molar-refractivity contribution is 7.99. The molecule has 0 spiro atoms. The molecule has 25 heavy (non-hydrogen) atoms. The van der Waals surface area contributed by atoms with Gasteiger partial charge in [0.25, 0.3) is 5.91 Å². The van der Waals surface area contributed by atoms with Crippen LogP contribution in [0.25, 0.3) is 10.8 Å². The lowest BCUT2D eigenvalue weighted by Gasteiger charge is -2.35. The molecule has 2 aliphatic heterocycles. The minimum Gasteiger partial charge on any atom is -0.352 e. The van der Waals surface area contributed by atoms with Crippen molar-refractivity contribution in [3.05, 3.63) is 48.0 Å². The molecule has 2 aliphatic rings. The van der Waals surface area contributed by atoms with Gasteiger partial charge in [0.1, 0.15) is 0 Å². The minimum atomic E-state index is 0.0615. The van der Waals surface area contributed by atoms with E-state index >= 15 is 0 Å². The molecular weight excluding hydrogens is 328 g/mol. The van der Waals surface area contributed by atoms with Crippen LogP contribution in [0.5, 0.6) is 0 Å². The zero-order valence-electron chi connectivity index (χ0n) is 14.6. The number of thioether (sulfide) groups is 1. The number of piperidine rings is 1. The normalized spacial score (nSPS) is 22.3. The van der Waals surface area contributed by atoms with Gasteiger partial charge >= 0.3 is 0 Å². The van der Waals surface area contributed by atoms with E-state index in [2.05, 4.69) is 34.1 Å². The first-order valence-electron chi connectivity index (χ1n) is 9.39. The van der Waals surface area contributed by atoms with Crippen LogP contribution in [0.3, 0.4) is 0 Å². The highest BCUT2D eigenvalue weighted by Crippen LogP contribution is 2.26. The van der Waals surface area contributed by atoms with E-state index in [-0.39, 0.29) is 5.91 Å². The summed E-state index contributed by atoms with van der Waals surface area (Å²) in [4.78, 5) is 15.3. The Hall–Kier alpha value is -1.52. The number of nitrogens with one attached hydrogen (secondary N) is 1. The number of rotatable bonds is 4. The third-order valence-corrected chi connectivity index (χ3v) is 6.80. The summed E-state index contributed by atoms with van der Waals surface area (Å²) in [6.45, 7) is 3.19. The monoisotopic (exact) mass is 354 g/mol. The summed E-state index contributed by atoms with van der Waals surface area (Å²) in [7, 11) is 0. The molecule has 0 saturated carbocycles. The molecule has 2 aromatic rings. The van der Waals surface area contributed by atoms with E-state index in [1.54, 1.807) is 0 Å². The van der Waals surface area contributed by atoms with Crippen LogP contribution in [-0.4, -0.2) is 48.0 Å². The van der Waals surface area contributed by atoms with Gasteiger partial charge in [-0.25, -0.2) is 0 Å². The molecule has 4 heteroatoms. The van der Waals surface area contributed by atoms with Crippen LogP contribution in [0, 0.1) is 5.92 Å². The van der Waals surface area contributed by atoms with Crippen molar-refractivity contribution in [3.8, 4) is 0 Å². The summed E-state index contributed by atoms with van der Waals surface area (Å²) >= 11 is 2.09. The van der Waals surface area contributed by atoms with Gasteiger partial charge in [0.15, 0.2) is 0 Å². The molecule has 2 heterocycles. The third-order valence-electron chi connectivity index (χ3n) is 5.66. The van der Waals surface area contributed by atoms with Crippen molar-refractivity contribution >= 4 is 28.4 Å². The Bertz CT molecular complexity index is 728. The van der Waals surface area contributed by atoms with Crippen molar-refractivity contribution < 1.29 is 4.79 Å². The van der Waals surface area contributed by atoms with Crippen molar-refractivity contribution in [2.24, 2.45) is 5.92 Å². The fraction of sp³-hybridized carbons (Fsp3) is 0.476. The van der Waals surface area contributed by atoms with Gasteiger partial charge in [-0.15, -0.1) is 0 Å². The molecule has 132 valence electrons. The predicted molar refractivity (Wildman–Crippen MR) is 106 cm³/mol.